The molecule has 1 rings (SSSR count). The Morgan fingerprint density at radius 2 is 1.90 bits per heavy atom. The van der Waals surface area contributed by atoms with Crippen LogP contribution in [0.15, 0.2) is 12.1 Å². The maximum Gasteiger partial charge on any atom is 0.308 e. The largest absolute Gasteiger partial charge is 0.493 e. The molecule has 0 aliphatic rings. The molecule has 7 nitrogen and oxygen atoms in total. The van der Waals surface area contributed by atoms with Crippen molar-refractivity contribution in [3.63, 3.8) is 0 Å². The van der Waals surface area contributed by atoms with Gasteiger partial charge in [0.05, 0.1) is 33.9 Å². The summed E-state index contributed by atoms with van der Waals surface area (Å²) in [5.41, 5.74) is 0.391. The average molecular weight is 298 g/mol. The van der Waals surface area contributed by atoms with E-state index in [1.807, 2.05) is 0 Å². The third-order valence-corrected chi connectivity index (χ3v) is 2.95. The SMILES string of the molecule is COC(=O)CC(O)C(O)c1cc(C=O)cc(OC)c1OC. The molecule has 7 heteroatoms. The van der Waals surface area contributed by atoms with Crippen LogP contribution in [0.25, 0.3) is 0 Å². The second kappa shape index (κ2) is 7.61. The topological polar surface area (TPSA) is 102 Å². The lowest BCUT2D eigenvalue weighted by Gasteiger charge is -2.21. The van der Waals surface area contributed by atoms with Crippen LogP contribution in [0.3, 0.4) is 0 Å². The first-order valence-corrected chi connectivity index (χ1v) is 6.12. The summed E-state index contributed by atoms with van der Waals surface area (Å²) in [5, 5.41) is 20.1. The van der Waals surface area contributed by atoms with Crippen LogP contribution < -0.4 is 9.47 Å². The summed E-state index contributed by atoms with van der Waals surface area (Å²) in [6.45, 7) is 0. The Hall–Kier alpha value is -2.12. The molecule has 0 amide bonds. The Morgan fingerprint density at radius 1 is 1.24 bits per heavy atom. The molecule has 0 fully saturated rings. The fourth-order valence-electron chi connectivity index (χ4n) is 1.88. The average Bonchev–Trinajstić information content (AvgIpc) is 2.52. The number of hydrogen-bond donors (Lipinski definition) is 2. The normalized spacial score (nSPS) is 13.2. The van der Waals surface area contributed by atoms with Crippen molar-refractivity contribution >= 4 is 12.3 Å². The van der Waals surface area contributed by atoms with Crippen molar-refractivity contribution in [2.24, 2.45) is 0 Å². The summed E-state index contributed by atoms with van der Waals surface area (Å²) in [7, 11) is 3.92. The minimum atomic E-state index is -1.44. The van der Waals surface area contributed by atoms with Crippen LogP contribution in [0.1, 0.15) is 28.4 Å². The number of aliphatic hydroxyl groups excluding tert-OH is 2. The summed E-state index contributed by atoms with van der Waals surface area (Å²) >= 11 is 0. The van der Waals surface area contributed by atoms with Crippen molar-refractivity contribution in [1.29, 1.82) is 0 Å². The zero-order chi connectivity index (χ0) is 16.0. The molecule has 1 aromatic rings. The molecule has 0 aliphatic heterocycles. The highest BCUT2D eigenvalue weighted by Gasteiger charge is 2.27. The highest BCUT2D eigenvalue weighted by atomic mass is 16.5. The predicted octanol–water partition coefficient (Wildman–Crippen LogP) is 0.474. The van der Waals surface area contributed by atoms with E-state index in [2.05, 4.69) is 4.74 Å². The van der Waals surface area contributed by atoms with E-state index in [0.717, 1.165) is 0 Å². The fraction of sp³-hybridized carbons (Fsp3) is 0.429. The van der Waals surface area contributed by atoms with E-state index >= 15 is 0 Å². The molecule has 1 aromatic carbocycles. The molecular formula is C14H18O7. The Morgan fingerprint density at radius 3 is 2.38 bits per heavy atom. The maximum absolute atomic E-state index is 11.2. The number of ether oxygens (including phenoxy) is 3. The second-order valence-corrected chi connectivity index (χ2v) is 4.26. The molecule has 2 atom stereocenters. The lowest BCUT2D eigenvalue weighted by atomic mass is 9.98. The zero-order valence-electron chi connectivity index (χ0n) is 12.0. The number of carbonyl (C=O) groups excluding carboxylic acids is 2. The highest BCUT2D eigenvalue weighted by Crippen LogP contribution is 2.37. The van der Waals surface area contributed by atoms with Gasteiger partial charge in [-0.15, -0.1) is 0 Å². The first kappa shape index (κ1) is 16.9. The van der Waals surface area contributed by atoms with Crippen molar-refractivity contribution in [3.05, 3.63) is 23.3 Å². The van der Waals surface area contributed by atoms with E-state index in [1.165, 1.54) is 33.5 Å². The molecule has 2 unspecified atom stereocenters. The van der Waals surface area contributed by atoms with Crippen LogP contribution in [0, 0.1) is 0 Å². The van der Waals surface area contributed by atoms with Crippen LogP contribution in [-0.2, 0) is 9.53 Å². The van der Waals surface area contributed by atoms with Gasteiger partial charge in [-0.2, -0.15) is 0 Å². The number of hydrogen-bond acceptors (Lipinski definition) is 7. The summed E-state index contributed by atoms with van der Waals surface area (Å²) in [6.07, 6.45) is -2.66. The van der Waals surface area contributed by atoms with Gasteiger partial charge in [0.1, 0.15) is 12.4 Å². The first-order chi connectivity index (χ1) is 9.98. The Bertz CT molecular complexity index is 512. The first-order valence-electron chi connectivity index (χ1n) is 6.12. The Balaban J connectivity index is 3.20. The number of methoxy groups -OCH3 is 3. The minimum Gasteiger partial charge on any atom is -0.493 e. The van der Waals surface area contributed by atoms with Crippen LogP contribution in [0.5, 0.6) is 11.5 Å². The molecular weight excluding hydrogens is 280 g/mol. The monoisotopic (exact) mass is 298 g/mol. The van der Waals surface area contributed by atoms with Crippen molar-refractivity contribution in [1.82, 2.24) is 0 Å². The molecule has 0 aromatic heterocycles. The lowest BCUT2D eigenvalue weighted by molar-refractivity contribution is -0.144. The van der Waals surface area contributed by atoms with Crippen molar-refractivity contribution in [2.75, 3.05) is 21.3 Å². The molecule has 0 heterocycles. The number of rotatable bonds is 7. The second-order valence-electron chi connectivity index (χ2n) is 4.26. The zero-order valence-corrected chi connectivity index (χ0v) is 12.0. The lowest BCUT2D eigenvalue weighted by Crippen LogP contribution is -2.23. The van der Waals surface area contributed by atoms with Gasteiger partial charge in [-0.25, -0.2) is 0 Å². The number of esters is 1. The Labute approximate surface area is 122 Å². The van der Waals surface area contributed by atoms with Gasteiger partial charge in [0.25, 0.3) is 0 Å². The summed E-state index contributed by atoms with van der Waals surface area (Å²) in [5.74, 6) is -0.250. The van der Waals surface area contributed by atoms with Gasteiger partial charge < -0.3 is 24.4 Å². The number of benzene rings is 1. The van der Waals surface area contributed by atoms with Gasteiger partial charge >= 0.3 is 5.97 Å². The third-order valence-electron chi connectivity index (χ3n) is 2.95. The van der Waals surface area contributed by atoms with Crippen molar-refractivity contribution in [3.8, 4) is 11.5 Å². The summed E-state index contributed by atoms with van der Waals surface area (Å²) in [6, 6.07) is 2.80. The van der Waals surface area contributed by atoms with Gasteiger partial charge in [-0.1, -0.05) is 0 Å². The molecule has 0 saturated heterocycles. The van der Waals surface area contributed by atoms with E-state index < -0.39 is 24.6 Å². The van der Waals surface area contributed by atoms with E-state index in [9.17, 15) is 19.8 Å². The van der Waals surface area contributed by atoms with E-state index in [0.29, 0.717) is 6.29 Å². The van der Waals surface area contributed by atoms with E-state index in [1.54, 1.807) is 0 Å². The predicted molar refractivity (Wildman–Crippen MR) is 72.5 cm³/mol. The van der Waals surface area contributed by atoms with E-state index in [4.69, 9.17) is 9.47 Å². The standard InChI is InChI=1S/C14H18O7/c1-19-11-5-8(7-15)4-9(14(11)21-3)13(18)10(16)6-12(17)20-2/h4-5,7,10,13,16,18H,6H2,1-3H3. The number of aldehydes is 1. The van der Waals surface area contributed by atoms with Crippen LogP contribution in [0.4, 0.5) is 0 Å². The molecule has 0 radical (unpaired) electrons. The maximum atomic E-state index is 11.2. The van der Waals surface area contributed by atoms with Gasteiger partial charge in [0.15, 0.2) is 11.5 Å². The molecule has 116 valence electrons. The molecule has 0 saturated carbocycles. The fourth-order valence-corrected chi connectivity index (χ4v) is 1.88. The quantitative estimate of drug-likeness (QED) is 0.557. The van der Waals surface area contributed by atoms with Crippen LogP contribution >= 0.6 is 0 Å². The number of aliphatic hydroxyl groups is 2. The molecule has 21 heavy (non-hydrogen) atoms. The van der Waals surface area contributed by atoms with E-state index in [-0.39, 0.29) is 22.6 Å². The van der Waals surface area contributed by atoms with Crippen LogP contribution in [-0.4, -0.2) is 49.9 Å². The Kier molecular flexibility index (Phi) is 6.13. The smallest absolute Gasteiger partial charge is 0.308 e. The number of carbonyl (C=O) groups is 2. The molecule has 0 aliphatic carbocycles. The summed E-state index contributed by atoms with van der Waals surface area (Å²) in [4.78, 5) is 22.1. The highest BCUT2D eigenvalue weighted by molar-refractivity contribution is 5.77. The van der Waals surface area contributed by atoms with Gasteiger partial charge in [0, 0.05) is 11.1 Å². The van der Waals surface area contributed by atoms with Crippen molar-refractivity contribution < 1.29 is 34.0 Å². The third kappa shape index (κ3) is 3.93. The minimum absolute atomic E-state index is 0.148. The van der Waals surface area contributed by atoms with Gasteiger partial charge in [-0.05, 0) is 12.1 Å². The molecule has 2 N–H and O–H groups in total. The van der Waals surface area contributed by atoms with Gasteiger partial charge in [0.2, 0.25) is 0 Å². The van der Waals surface area contributed by atoms with Crippen molar-refractivity contribution in [2.45, 2.75) is 18.6 Å². The summed E-state index contributed by atoms with van der Waals surface area (Å²) < 4.78 is 14.7. The van der Waals surface area contributed by atoms with Gasteiger partial charge in [-0.3, -0.25) is 9.59 Å². The molecule has 0 spiro atoms. The molecule has 0 bridgehead atoms. The van der Waals surface area contributed by atoms with Crippen LogP contribution in [0.2, 0.25) is 0 Å².